The van der Waals surface area contributed by atoms with Gasteiger partial charge in [-0.1, -0.05) is 70.8 Å². The first kappa shape index (κ1) is 33.8. The maximum Gasteiger partial charge on any atom is 0.312 e. The second kappa shape index (κ2) is 16.8. The monoisotopic (exact) mass is 553 g/mol. The van der Waals surface area contributed by atoms with Crippen molar-refractivity contribution in [3.63, 3.8) is 0 Å². The summed E-state index contributed by atoms with van der Waals surface area (Å²) in [6, 6.07) is 4.03. The molecule has 0 aromatic heterocycles. The Morgan fingerprint density at radius 3 is 2.20 bits per heavy atom. The first-order chi connectivity index (χ1) is 19.0. The number of ether oxygens (including phenoxy) is 2. The number of rotatable bonds is 16. The van der Waals surface area contributed by atoms with Crippen molar-refractivity contribution in [1.82, 2.24) is 4.90 Å². The van der Waals surface area contributed by atoms with Crippen LogP contribution in [0.3, 0.4) is 0 Å². The molecule has 3 unspecified atom stereocenters. The number of hydrogen-bond acceptors (Lipinski definition) is 5. The van der Waals surface area contributed by atoms with Gasteiger partial charge in [-0.3, -0.25) is 9.59 Å². The molecule has 0 saturated heterocycles. The van der Waals surface area contributed by atoms with Gasteiger partial charge in [-0.25, -0.2) is 0 Å². The number of nitrogens with zero attached hydrogens (tertiary/aromatic N) is 1. The number of unbranched alkanes of at least 4 members (excludes halogenated alkanes) is 2. The minimum atomic E-state index is -0.274. The number of benzene rings is 1. The van der Waals surface area contributed by atoms with Crippen LogP contribution >= 0.6 is 0 Å². The molecule has 5 nitrogen and oxygen atoms in total. The van der Waals surface area contributed by atoms with Gasteiger partial charge in [0.1, 0.15) is 11.5 Å². The highest BCUT2D eigenvalue weighted by Crippen LogP contribution is 2.47. The second-order valence-electron chi connectivity index (χ2n) is 12.4. The van der Waals surface area contributed by atoms with Gasteiger partial charge < -0.3 is 14.4 Å². The van der Waals surface area contributed by atoms with E-state index in [0.29, 0.717) is 42.7 Å². The van der Waals surface area contributed by atoms with Gasteiger partial charge in [-0.05, 0) is 95.5 Å². The Kier molecular flexibility index (Phi) is 14.2. The number of allylic oxidation sites excluding steroid dienone is 3. The van der Waals surface area contributed by atoms with E-state index in [-0.39, 0.29) is 23.8 Å². The second-order valence-corrected chi connectivity index (χ2v) is 12.4. The molecule has 5 heteroatoms. The maximum absolute atomic E-state index is 13.3. The number of aryl methyl sites for hydroxylation is 1. The van der Waals surface area contributed by atoms with Crippen LogP contribution in [0.15, 0.2) is 35.9 Å². The third kappa shape index (κ3) is 10.5. The molecule has 3 atom stereocenters. The molecular formula is C35H55NO4. The van der Waals surface area contributed by atoms with Gasteiger partial charge in [-0.2, -0.15) is 0 Å². The van der Waals surface area contributed by atoms with Crippen molar-refractivity contribution in [2.45, 2.75) is 112 Å². The largest absolute Gasteiger partial charge is 0.426 e. The molecule has 1 aliphatic rings. The van der Waals surface area contributed by atoms with Crippen LogP contribution in [0, 0.1) is 17.8 Å². The Morgan fingerprint density at radius 1 is 1.05 bits per heavy atom. The molecule has 1 aliphatic carbocycles. The molecule has 0 radical (unpaired) electrons. The predicted molar refractivity (Wildman–Crippen MR) is 166 cm³/mol. The highest BCUT2D eigenvalue weighted by molar-refractivity contribution is 5.76. The average Bonchev–Trinajstić information content (AvgIpc) is 2.87. The molecule has 0 spiro atoms. The van der Waals surface area contributed by atoms with E-state index in [4.69, 9.17) is 9.47 Å². The SMILES string of the molecule is C=C(C)C1CCC(C)=CC1c1c(OC(=O)CCC(CC)C(C)C)cc(CCCCC)cc1OC(=O)CCN(C)C. The van der Waals surface area contributed by atoms with Crippen molar-refractivity contribution < 1.29 is 19.1 Å². The maximum atomic E-state index is 13.3. The quantitative estimate of drug-likeness (QED) is 0.0887. The van der Waals surface area contributed by atoms with Gasteiger partial charge in [0.25, 0.3) is 0 Å². The summed E-state index contributed by atoms with van der Waals surface area (Å²) in [6.07, 6.45) is 10.8. The van der Waals surface area contributed by atoms with Crippen molar-refractivity contribution in [3.05, 3.63) is 47.1 Å². The Morgan fingerprint density at radius 2 is 1.68 bits per heavy atom. The van der Waals surface area contributed by atoms with Gasteiger partial charge in [0.15, 0.2) is 0 Å². The summed E-state index contributed by atoms with van der Waals surface area (Å²) in [6.45, 7) is 17.9. The van der Waals surface area contributed by atoms with Crippen LogP contribution in [0.5, 0.6) is 11.5 Å². The summed E-state index contributed by atoms with van der Waals surface area (Å²) in [5, 5.41) is 0. The fourth-order valence-corrected chi connectivity index (χ4v) is 5.76. The lowest BCUT2D eigenvalue weighted by molar-refractivity contribution is -0.135. The summed E-state index contributed by atoms with van der Waals surface area (Å²) in [7, 11) is 3.89. The third-order valence-electron chi connectivity index (χ3n) is 8.34. The molecule has 0 fully saturated rings. The zero-order chi connectivity index (χ0) is 29.8. The summed E-state index contributed by atoms with van der Waals surface area (Å²) in [5.41, 5.74) is 4.21. The molecule has 0 amide bonds. The van der Waals surface area contributed by atoms with Crippen LogP contribution in [0.1, 0.15) is 116 Å². The number of carbonyl (C=O) groups is 2. The van der Waals surface area contributed by atoms with Gasteiger partial charge in [0, 0.05) is 24.4 Å². The average molecular weight is 554 g/mol. The third-order valence-corrected chi connectivity index (χ3v) is 8.34. The molecular weight excluding hydrogens is 498 g/mol. The molecule has 2 rings (SSSR count). The topological polar surface area (TPSA) is 55.8 Å². The van der Waals surface area contributed by atoms with E-state index < -0.39 is 0 Å². The fraction of sp³-hybridized carbons (Fsp3) is 0.657. The van der Waals surface area contributed by atoms with Crippen LogP contribution in [-0.4, -0.2) is 37.5 Å². The molecule has 40 heavy (non-hydrogen) atoms. The van der Waals surface area contributed by atoms with E-state index in [1.54, 1.807) is 0 Å². The normalized spacial score (nSPS) is 18.0. The first-order valence-corrected chi connectivity index (χ1v) is 15.5. The van der Waals surface area contributed by atoms with Crippen LogP contribution in [0.4, 0.5) is 0 Å². The van der Waals surface area contributed by atoms with E-state index in [2.05, 4.69) is 54.2 Å². The Balaban J connectivity index is 2.58. The molecule has 0 saturated carbocycles. The standard InChI is InChI=1S/C35H55NO4/c1-10-12-13-14-27-22-31(39-33(37)18-16-28(11-2)24(3)4)35(30-21-26(7)15-17-29(30)25(5)6)32(23-27)40-34(38)19-20-36(8)9/h21-24,28-30H,5,10-20H2,1-4,6-9H3. The highest BCUT2D eigenvalue weighted by Gasteiger charge is 2.32. The minimum absolute atomic E-state index is 0.0746. The molecule has 0 aliphatic heterocycles. The summed E-state index contributed by atoms with van der Waals surface area (Å²) < 4.78 is 12.3. The van der Waals surface area contributed by atoms with Gasteiger partial charge >= 0.3 is 11.9 Å². The molecule has 1 aromatic rings. The molecule has 0 bridgehead atoms. The van der Waals surface area contributed by atoms with E-state index in [1.165, 1.54) is 5.57 Å². The smallest absolute Gasteiger partial charge is 0.312 e. The molecule has 1 aromatic carbocycles. The van der Waals surface area contributed by atoms with E-state index >= 15 is 0 Å². The molecule has 224 valence electrons. The predicted octanol–water partition coefficient (Wildman–Crippen LogP) is 8.66. The van der Waals surface area contributed by atoms with Gasteiger partial charge in [0.05, 0.1) is 6.42 Å². The van der Waals surface area contributed by atoms with Crippen LogP contribution in [0.25, 0.3) is 0 Å². The minimum Gasteiger partial charge on any atom is -0.426 e. The summed E-state index contributed by atoms with van der Waals surface area (Å²) >= 11 is 0. The number of esters is 2. The van der Waals surface area contributed by atoms with E-state index in [1.807, 2.05) is 31.1 Å². The van der Waals surface area contributed by atoms with Crippen LogP contribution in [-0.2, 0) is 16.0 Å². The van der Waals surface area contributed by atoms with E-state index in [0.717, 1.165) is 68.1 Å². The number of carbonyl (C=O) groups excluding carboxylic acids is 2. The van der Waals surface area contributed by atoms with Gasteiger partial charge in [0.2, 0.25) is 0 Å². The zero-order valence-electron chi connectivity index (χ0n) is 26.6. The molecule has 0 heterocycles. The lowest BCUT2D eigenvalue weighted by Gasteiger charge is -2.32. The van der Waals surface area contributed by atoms with Crippen molar-refractivity contribution in [3.8, 4) is 11.5 Å². The number of hydrogen-bond donors (Lipinski definition) is 0. The first-order valence-electron chi connectivity index (χ1n) is 15.5. The van der Waals surface area contributed by atoms with Crippen molar-refractivity contribution in [2.24, 2.45) is 17.8 Å². The van der Waals surface area contributed by atoms with Crippen molar-refractivity contribution in [2.75, 3.05) is 20.6 Å². The molecule has 0 N–H and O–H groups in total. The summed E-state index contributed by atoms with van der Waals surface area (Å²) in [4.78, 5) is 28.3. The van der Waals surface area contributed by atoms with Crippen LogP contribution < -0.4 is 9.47 Å². The van der Waals surface area contributed by atoms with Gasteiger partial charge in [-0.15, -0.1) is 0 Å². The van der Waals surface area contributed by atoms with Crippen molar-refractivity contribution in [1.29, 1.82) is 0 Å². The van der Waals surface area contributed by atoms with E-state index in [9.17, 15) is 9.59 Å². The lowest BCUT2D eigenvalue weighted by Crippen LogP contribution is -2.23. The van der Waals surface area contributed by atoms with Crippen LogP contribution in [0.2, 0.25) is 0 Å². The Bertz CT molecular complexity index is 1020. The Labute approximate surface area is 244 Å². The Hall–Kier alpha value is -2.40. The summed E-state index contributed by atoms with van der Waals surface area (Å²) in [5.74, 6) is 1.67. The lowest BCUT2D eigenvalue weighted by atomic mass is 9.73. The fourth-order valence-electron chi connectivity index (χ4n) is 5.76. The zero-order valence-corrected chi connectivity index (χ0v) is 26.6. The highest BCUT2D eigenvalue weighted by atomic mass is 16.5. The van der Waals surface area contributed by atoms with Crippen molar-refractivity contribution >= 4 is 11.9 Å².